The van der Waals surface area contributed by atoms with Gasteiger partial charge in [-0.2, -0.15) is 0 Å². The fourth-order valence-electron chi connectivity index (χ4n) is 2.91. The zero-order valence-electron chi connectivity index (χ0n) is 14.4. The zero-order chi connectivity index (χ0) is 17.9. The van der Waals surface area contributed by atoms with E-state index in [1.807, 2.05) is 12.1 Å². The molecule has 0 bridgehead atoms. The molecule has 0 spiro atoms. The van der Waals surface area contributed by atoms with Crippen LogP contribution in [-0.4, -0.2) is 21.6 Å². The molecule has 26 heavy (non-hydrogen) atoms. The van der Waals surface area contributed by atoms with E-state index in [1.165, 1.54) is 21.6 Å². The second-order valence-corrected chi connectivity index (χ2v) is 7.31. The van der Waals surface area contributed by atoms with Gasteiger partial charge in [0.25, 0.3) is 0 Å². The summed E-state index contributed by atoms with van der Waals surface area (Å²) in [6.45, 7) is 2.88. The topological polar surface area (TPSA) is 58.0 Å². The summed E-state index contributed by atoms with van der Waals surface area (Å²) in [5.74, 6) is 1.17. The number of thiophene rings is 1. The maximum atomic E-state index is 9.36. The number of phenols is 1. The maximum absolute atomic E-state index is 9.36. The fraction of sp³-hybridized carbons (Fsp3) is 0.143. The molecule has 0 saturated carbocycles. The van der Waals surface area contributed by atoms with E-state index in [4.69, 9.17) is 0 Å². The van der Waals surface area contributed by atoms with Crippen molar-refractivity contribution < 1.29 is 5.11 Å². The first-order valence-corrected chi connectivity index (χ1v) is 9.34. The molecule has 2 N–H and O–H groups in total. The zero-order valence-corrected chi connectivity index (χ0v) is 15.3. The van der Waals surface area contributed by atoms with E-state index in [-0.39, 0.29) is 0 Å². The van der Waals surface area contributed by atoms with Crippen molar-refractivity contribution in [1.82, 2.24) is 9.97 Å². The normalized spacial score (nSPS) is 11.0. The SMILES string of the molecule is Cc1cccc(-c2cc3ncnc(NCCc4ccc(O)cc4)c3s2)c1. The van der Waals surface area contributed by atoms with Gasteiger partial charge in [-0.3, -0.25) is 0 Å². The lowest BCUT2D eigenvalue weighted by atomic mass is 10.1. The standard InChI is InChI=1S/C21H19N3OS/c1-14-3-2-4-16(11-14)19-12-18-20(26-19)21(24-13-23-18)22-10-9-15-5-7-17(25)8-6-15/h2-8,11-13,25H,9-10H2,1H3,(H,22,23,24). The van der Waals surface area contributed by atoms with Gasteiger partial charge in [0, 0.05) is 11.4 Å². The maximum Gasteiger partial charge on any atom is 0.147 e. The van der Waals surface area contributed by atoms with Gasteiger partial charge in [0.2, 0.25) is 0 Å². The number of nitrogens with one attached hydrogen (secondary N) is 1. The van der Waals surface area contributed by atoms with Crippen molar-refractivity contribution in [3.8, 4) is 16.2 Å². The van der Waals surface area contributed by atoms with Crippen LogP contribution in [0.3, 0.4) is 0 Å². The molecule has 0 saturated heterocycles. The molecule has 4 rings (SSSR count). The van der Waals surface area contributed by atoms with Crippen LogP contribution in [0.15, 0.2) is 60.9 Å². The largest absolute Gasteiger partial charge is 0.508 e. The van der Waals surface area contributed by atoms with Crippen molar-refractivity contribution in [2.45, 2.75) is 13.3 Å². The summed E-state index contributed by atoms with van der Waals surface area (Å²) in [6.07, 6.45) is 2.47. The summed E-state index contributed by atoms with van der Waals surface area (Å²) in [5, 5.41) is 12.8. The molecule has 4 nitrogen and oxygen atoms in total. The van der Waals surface area contributed by atoms with E-state index in [2.05, 4.69) is 52.5 Å². The van der Waals surface area contributed by atoms with Crippen LogP contribution in [0.4, 0.5) is 5.82 Å². The van der Waals surface area contributed by atoms with E-state index < -0.39 is 0 Å². The Bertz CT molecular complexity index is 1040. The molecule has 2 heterocycles. The minimum Gasteiger partial charge on any atom is -0.508 e. The number of fused-ring (bicyclic) bond motifs is 1. The number of hydrogen-bond donors (Lipinski definition) is 2. The Kier molecular flexibility index (Phi) is 4.54. The average molecular weight is 361 g/mol. The summed E-state index contributed by atoms with van der Waals surface area (Å²) in [6, 6.07) is 17.9. The van der Waals surface area contributed by atoms with Crippen LogP contribution >= 0.6 is 11.3 Å². The number of benzene rings is 2. The van der Waals surface area contributed by atoms with Crippen LogP contribution in [0.5, 0.6) is 5.75 Å². The highest BCUT2D eigenvalue weighted by Gasteiger charge is 2.10. The van der Waals surface area contributed by atoms with Crippen molar-refractivity contribution in [3.05, 3.63) is 72.1 Å². The lowest BCUT2D eigenvalue weighted by Gasteiger charge is -2.06. The van der Waals surface area contributed by atoms with E-state index in [1.54, 1.807) is 29.8 Å². The van der Waals surface area contributed by atoms with Gasteiger partial charge in [0.15, 0.2) is 0 Å². The third kappa shape index (κ3) is 3.53. The minimum atomic E-state index is 0.293. The van der Waals surface area contributed by atoms with E-state index in [0.717, 1.165) is 29.0 Å². The van der Waals surface area contributed by atoms with Crippen molar-refractivity contribution in [2.75, 3.05) is 11.9 Å². The number of rotatable bonds is 5. The third-order valence-corrected chi connectivity index (χ3v) is 5.44. The van der Waals surface area contributed by atoms with E-state index >= 15 is 0 Å². The Morgan fingerprint density at radius 1 is 1.04 bits per heavy atom. The summed E-state index contributed by atoms with van der Waals surface area (Å²) < 4.78 is 1.08. The lowest BCUT2D eigenvalue weighted by Crippen LogP contribution is -2.06. The molecule has 0 atom stereocenters. The highest BCUT2D eigenvalue weighted by atomic mass is 32.1. The first-order chi connectivity index (χ1) is 12.7. The molecule has 0 radical (unpaired) electrons. The smallest absolute Gasteiger partial charge is 0.147 e. The van der Waals surface area contributed by atoms with Crippen molar-refractivity contribution >= 4 is 27.4 Å². The minimum absolute atomic E-state index is 0.293. The van der Waals surface area contributed by atoms with Gasteiger partial charge >= 0.3 is 0 Å². The summed E-state index contributed by atoms with van der Waals surface area (Å²) in [5.41, 5.74) is 4.60. The molecular weight excluding hydrogens is 342 g/mol. The number of anilines is 1. The molecule has 0 aliphatic heterocycles. The molecule has 5 heteroatoms. The van der Waals surface area contributed by atoms with Gasteiger partial charge < -0.3 is 10.4 Å². The predicted molar refractivity (Wildman–Crippen MR) is 108 cm³/mol. The molecule has 0 fully saturated rings. The summed E-state index contributed by atoms with van der Waals surface area (Å²) in [4.78, 5) is 10.0. The number of hydrogen-bond acceptors (Lipinski definition) is 5. The Morgan fingerprint density at radius 3 is 2.69 bits per heavy atom. The van der Waals surface area contributed by atoms with Crippen molar-refractivity contribution in [2.24, 2.45) is 0 Å². The van der Waals surface area contributed by atoms with Gasteiger partial charge in [-0.15, -0.1) is 11.3 Å². The van der Waals surface area contributed by atoms with Crippen molar-refractivity contribution in [3.63, 3.8) is 0 Å². The quantitative estimate of drug-likeness (QED) is 0.524. The third-order valence-electron chi connectivity index (χ3n) is 4.26. The van der Waals surface area contributed by atoms with Gasteiger partial charge in [0.05, 0.1) is 10.2 Å². The fourth-order valence-corrected chi connectivity index (χ4v) is 3.98. The number of nitrogens with zero attached hydrogens (tertiary/aromatic N) is 2. The molecule has 130 valence electrons. The average Bonchev–Trinajstić information content (AvgIpc) is 3.09. The van der Waals surface area contributed by atoms with E-state index in [0.29, 0.717) is 5.75 Å². The van der Waals surface area contributed by atoms with Crippen molar-refractivity contribution in [1.29, 1.82) is 0 Å². The second-order valence-electron chi connectivity index (χ2n) is 6.26. The first-order valence-electron chi connectivity index (χ1n) is 8.52. The number of phenolic OH excluding ortho intramolecular Hbond substituents is 1. The van der Waals surface area contributed by atoms with Crippen LogP contribution in [0.2, 0.25) is 0 Å². The number of aryl methyl sites for hydroxylation is 1. The summed E-state index contributed by atoms with van der Waals surface area (Å²) in [7, 11) is 0. The second kappa shape index (κ2) is 7.14. The van der Waals surface area contributed by atoms with Gasteiger partial charge in [-0.1, -0.05) is 42.0 Å². The van der Waals surface area contributed by atoms with Crippen LogP contribution in [0, 0.1) is 6.92 Å². The molecule has 2 aromatic heterocycles. The Morgan fingerprint density at radius 2 is 1.88 bits per heavy atom. The van der Waals surface area contributed by atoms with Crippen LogP contribution in [-0.2, 0) is 6.42 Å². The Labute approximate surface area is 156 Å². The van der Waals surface area contributed by atoms with E-state index in [9.17, 15) is 5.11 Å². The Balaban J connectivity index is 1.54. The number of aromatic nitrogens is 2. The first kappa shape index (κ1) is 16.5. The monoisotopic (exact) mass is 361 g/mol. The molecule has 2 aromatic carbocycles. The molecule has 0 unspecified atom stereocenters. The van der Waals surface area contributed by atoms with Gasteiger partial charge in [-0.25, -0.2) is 9.97 Å². The Hall–Kier alpha value is -2.92. The molecule has 0 amide bonds. The van der Waals surface area contributed by atoms with Gasteiger partial charge in [0.1, 0.15) is 17.9 Å². The lowest BCUT2D eigenvalue weighted by molar-refractivity contribution is 0.475. The van der Waals surface area contributed by atoms with Crippen LogP contribution < -0.4 is 5.32 Å². The highest BCUT2D eigenvalue weighted by Crippen LogP contribution is 2.35. The highest BCUT2D eigenvalue weighted by molar-refractivity contribution is 7.22. The summed E-state index contributed by atoms with van der Waals surface area (Å²) >= 11 is 1.71. The van der Waals surface area contributed by atoms with Crippen LogP contribution in [0.25, 0.3) is 20.7 Å². The predicted octanol–water partition coefficient (Wildman–Crippen LogP) is 5.03. The molecule has 4 aromatic rings. The molecular formula is C21H19N3OS. The molecule has 0 aliphatic rings. The van der Waals surface area contributed by atoms with Gasteiger partial charge in [-0.05, 0) is 42.7 Å². The molecule has 0 aliphatic carbocycles. The van der Waals surface area contributed by atoms with Crippen LogP contribution in [0.1, 0.15) is 11.1 Å². The number of aromatic hydroxyl groups is 1.